The van der Waals surface area contributed by atoms with Gasteiger partial charge in [0.1, 0.15) is 0 Å². The predicted octanol–water partition coefficient (Wildman–Crippen LogP) is 3.37. The van der Waals surface area contributed by atoms with Crippen LogP contribution in [0, 0.1) is 6.92 Å². The van der Waals surface area contributed by atoms with Crippen LogP contribution in [0.3, 0.4) is 0 Å². The van der Waals surface area contributed by atoms with Crippen molar-refractivity contribution in [1.82, 2.24) is 5.32 Å². The van der Waals surface area contributed by atoms with Gasteiger partial charge in [0.2, 0.25) is 5.96 Å². The highest BCUT2D eigenvalue weighted by Crippen LogP contribution is 2.14. The molecular weight excluding hydrogens is 314 g/mol. The van der Waals surface area contributed by atoms with Crippen molar-refractivity contribution >= 4 is 17.6 Å². The van der Waals surface area contributed by atoms with Crippen LogP contribution in [0.25, 0.3) is 0 Å². The van der Waals surface area contributed by atoms with Crippen LogP contribution in [0.15, 0.2) is 59.6 Å². The minimum absolute atomic E-state index is 0.127. The van der Waals surface area contributed by atoms with Gasteiger partial charge in [0.25, 0.3) is 5.91 Å². The number of aryl methyl sites for hydroxylation is 1. The lowest BCUT2D eigenvalue weighted by atomic mass is 10.2. The van der Waals surface area contributed by atoms with E-state index in [9.17, 15) is 4.79 Å². The largest absolute Gasteiger partial charge is 0.376 e. The lowest BCUT2D eigenvalue weighted by molar-refractivity contribution is 0.0975. The zero-order valence-corrected chi connectivity index (χ0v) is 14.4. The minimum atomic E-state index is -0.187. The average Bonchev–Trinajstić information content (AvgIpc) is 3.16. The van der Waals surface area contributed by atoms with Crippen LogP contribution >= 0.6 is 0 Å². The maximum atomic E-state index is 12.5. The number of guanidine groups is 1. The van der Waals surface area contributed by atoms with E-state index in [1.54, 1.807) is 12.1 Å². The number of nitrogens with zero attached hydrogens (tertiary/aromatic N) is 1. The maximum Gasteiger partial charge on any atom is 0.257 e. The highest BCUT2D eigenvalue weighted by Gasteiger charge is 2.16. The first-order valence-electron chi connectivity index (χ1n) is 8.57. The Hall–Kier alpha value is -2.66. The summed E-state index contributed by atoms with van der Waals surface area (Å²) in [5.41, 5.74) is 2.60. The first-order valence-corrected chi connectivity index (χ1v) is 8.57. The molecule has 2 aromatic rings. The Morgan fingerprint density at radius 1 is 1.16 bits per heavy atom. The van der Waals surface area contributed by atoms with Gasteiger partial charge in [-0.15, -0.1) is 0 Å². The van der Waals surface area contributed by atoms with Crippen LogP contribution in [-0.4, -0.2) is 31.1 Å². The molecule has 25 heavy (non-hydrogen) atoms. The number of hydrogen-bond donors (Lipinski definition) is 2. The molecular formula is C20H23N3O2. The first-order chi connectivity index (χ1) is 12.2. The summed E-state index contributed by atoms with van der Waals surface area (Å²) in [4.78, 5) is 17.0. The van der Waals surface area contributed by atoms with Gasteiger partial charge in [0, 0.05) is 17.9 Å². The Kier molecular flexibility index (Phi) is 5.80. The fourth-order valence-electron chi connectivity index (χ4n) is 2.70. The zero-order valence-electron chi connectivity index (χ0n) is 14.4. The molecule has 1 heterocycles. The number of nitrogens with one attached hydrogen (secondary N) is 2. The summed E-state index contributed by atoms with van der Waals surface area (Å²) in [5.74, 6) is 0.256. The molecule has 0 unspecified atom stereocenters. The molecule has 0 saturated carbocycles. The van der Waals surface area contributed by atoms with Gasteiger partial charge in [0.15, 0.2) is 0 Å². The van der Waals surface area contributed by atoms with E-state index >= 15 is 0 Å². The number of rotatable bonds is 4. The topological polar surface area (TPSA) is 62.7 Å². The van der Waals surface area contributed by atoms with E-state index < -0.39 is 0 Å². The number of benzene rings is 2. The molecule has 0 radical (unpaired) electrons. The lowest BCUT2D eigenvalue weighted by Gasteiger charge is -2.14. The summed E-state index contributed by atoms with van der Waals surface area (Å²) in [6.45, 7) is 3.33. The number of amides is 1. The third-order valence-corrected chi connectivity index (χ3v) is 4.14. The van der Waals surface area contributed by atoms with E-state index in [1.807, 2.05) is 49.4 Å². The van der Waals surface area contributed by atoms with Crippen LogP contribution in [0.5, 0.6) is 0 Å². The lowest BCUT2D eigenvalue weighted by Crippen LogP contribution is -2.37. The van der Waals surface area contributed by atoms with E-state index in [4.69, 9.17) is 4.74 Å². The Morgan fingerprint density at radius 2 is 1.92 bits per heavy atom. The molecule has 1 atom stereocenters. The normalized spacial score (nSPS) is 17.3. The summed E-state index contributed by atoms with van der Waals surface area (Å²) >= 11 is 0. The summed E-state index contributed by atoms with van der Waals surface area (Å²) in [5, 5.41) is 6.11. The molecule has 1 saturated heterocycles. The molecule has 1 aliphatic heterocycles. The number of anilines is 1. The van der Waals surface area contributed by atoms with Crippen LogP contribution in [0.1, 0.15) is 28.8 Å². The van der Waals surface area contributed by atoms with Gasteiger partial charge in [-0.25, -0.2) is 4.99 Å². The van der Waals surface area contributed by atoms with Crippen molar-refractivity contribution in [1.29, 1.82) is 0 Å². The van der Waals surface area contributed by atoms with Gasteiger partial charge in [-0.05, 0) is 43.5 Å². The van der Waals surface area contributed by atoms with E-state index in [2.05, 4.69) is 15.6 Å². The number of carbonyl (C=O) groups excluding carboxylic acids is 1. The van der Waals surface area contributed by atoms with E-state index in [0.717, 1.165) is 30.7 Å². The van der Waals surface area contributed by atoms with Gasteiger partial charge in [-0.3, -0.25) is 10.1 Å². The number of carbonyl (C=O) groups is 1. The Balaban J connectivity index is 1.74. The van der Waals surface area contributed by atoms with E-state index in [0.29, 0.717) is 18.1 Å². The predicted molar refractivity (Wildman–Crippen MR) is 100.0 cm³/mol. The van der Waals surface area contributed by atoms with Gasteiger partial charge in [0.05, 0.1) is 12.6 Å². The molecule has 2 aromatic carbocycles. The van der Waals surface area contributed by atoms with Gasteiger partial charge in [-0.2, -0.15) is 0 Å². The standard InChI is InChI=1S/C20H23N3O2/c1-15-8-5-6-12-18(15)22-20(21-14-17-11-7-13-25-17)23-19(24)16-9-3-2-4-10-16/h2-6,8-10,12,17H,7,11,13-14H2,1H3,(H2,21,22,23,24)/t17-/m1/s1. The number of ether oxygens (including phenoxy) is 1. The fraction of sp³-hybridized carbons (Fsp3) is 0.300. The van der Waals surface area contributed by atoms with Crippen molar-refractivity contribution in [3.63, 3.8) is 0 Å². The molecule has 1 amide bonds. The molecule has 2 N–H and O–H groups in total. The second-order valence-corrected chi connectivity index (χ2v) is 6.08. The fourth-order valence-corrected chi connectivity index (χ4v) is 2.70. The summed E-state index contributed by atoms with van der Waals surface area (Å²) < 4.78 is 5.62. The summed E-state index contributed by atoms with van der Waals surface area (Å²) in [7, 11) is 0. The van der Waals surface area contributed by atoms with Gasteiger partial charge < -0.3 is 10.1 Å². The number of para-hydroxylation sites is 1. The molecule has 0 spiro atoms. The van der Waals surface area contributed by atoms with Gasteiger partial charge >= 0.3 is 0 Å². The Labute approximate surface area is 148 Å². The van der Waals surface area contributed by atoms with Crippen molar-refractivity contribution in [3.8, 4) is 0 Å². The Bertz CT molecular complexity index is 738. The summed E-state index contributed by atoms with van der Waals surface area (Å²) in [6.07, 6.45) is 2.20. The molecule has 3 rings (SSSR count). The molecule has 0 aromatic heterocycles. The third kappa shape index (κ3) is 4.90. The smallest absolute Gasteiger partial charge is 0.257 e. The zero-order chi connectivity index (χ0) is 17.5. The van der Waals surface area contributed by atoms with E-state index in [-0.39, 0.29) is 12.0 Å². The molecule has 5 nitrogen and oxygen atoms in total. The number of hydrogen-bond acceptors (Lipinski definition) is 3. The van der Waals surface area contributed by atoms with Crippen LogP contribution in [-0.2, 0) is 4.74 Å². The number of aliphatic imine (C=N–C) groups is 1. The maximum absolute atomic E-state index is 12.5. The van der Waals surface area contributed by atoms with Crippen LogP contribution in [0.4, 0.5) is 5.69 Å². The molecule has 0 aliphatic carbocycles. The molecule has 0 bridgehead atoms. The first kappa shape index (κ1) is 17.2. The highest BCUT2D eigenvalue weighted by molar-refractivity contribution is 6.10. The average molecular weight is 337 g/mol. The molecule has 1 fully saturated rings. The highest BCUT2D eigenvalue weighted by atomic mass is 16.5. The second kappa shape index (κ2) is 8.44. The molecule has 1 aliphatic rings. The molecule has 5 heteroatoms. The van der Waals surface area contributed by atoms with Crippen molar-refractivity contribution in [2.45, 2.75) is 25.9 Å². The SMILES string of the molecule is Cc1ccccc1NC(=NC[C@H]1CCCO1)NC(=O)c1ccccc1. The quantitative estimate of drug-likeness (QED) is 0.664. The van der Waals surface area contributed by atoms with Crippen LogP contribution < -0.4 is 10.6 Å². The Morgan fingerprint density at radius 3 is 2.64 bits per heavy atom. The van der Waals surface area contributed by atoms with Crippen molar-refractivity contribution in [2.75, 3.05) is 18.5 Å². The third-order valence-electron chi connectivity index (χ3n) is 4.14. The second-order valence-electron chi connectivity index (χ2n) is 6.08. The monoisotopic (exact) mass is 337 g/mol. The van der Waals surface area contributed by atoms with Gasteiger partial charge in [-0.1, -0.05) is 36.4 Å². The molecule has 130 valence electrons. The summed E-state index contributed by atoms with van der Waals surface area (Å²) in [6, 6.07) is 17.0. The van der Waals surface area contributed by atoms with Crippen LogP contribution in [0.2, 0.25) is 0 Å². The van der Waals surface area contributed by atoms with Crippen molar-refractivity contribution in [3.05, 3.63) is 65.7 Å². The van der Waals surface area contributed by atoms with Crippen molar-refractivity contribution < 1.29 is 9.53 Å². The van der Waals surface area contributed by atoms with Crippen molar-refractivity contribution in [2.24, 2.45) is 4.99 Å². The van der Waals surface area contributed by atoms with E-state index in [1.165, 1.54) is 0 Å². The minimum Gasteiger partial charge on any atom is -0.376 e.